The van der Waals surface area contributed by atoms with Crippen molar-refractivity contribution in [3.8, 4) is 0 Å². The Bertz CT molecular complexity index is 944. The third-order valence-electron chi connectivity index (χ3n) is 5.76. The molecule has 152 valence electrons. The molecule has 0 bridgehead atoms. The lowest BCUT2D eigenvalue weighted by molar-refractivity contribution is 0.266. The molecule has 0 spiro atoms. The summed E-state index contributed by atoms with van der Waals surface area (Å²) in [5.74, 6) is 1.67. The quantitative estimate of drug-likeness (QED) is 0.776. The van der Waals surface area contributed by atoms with E-state index >= 15 is 0 Å². The minimum Gasteiger partial charge on any atom is -0.394 e. The first-order valence-electron chi connectivity index (χ1n) is 9.79. The zero-order chi connectivity index (χ0) is 19.7. The van der Waals surface area contributed by atoms with Crippen LogP contribution in [0.1, 0.15) is 25.7 Å². The number of nitrogens with zero attached hydrogens (tertiary/aromatic N) is 4. The number of anilines is 2. The number of nitrogens with one attached hydrogen (secondary N) is 1. The molecule has 2 N–H and O–H groups in total. The maximum atomic E-state index is 11.7. The summed E-state index contributed by atoms with van der Waals surface area (Å²) >= 11 is 0. The standard InChI is InChI=1S/C19H27N5O3S/c1-28(26,27)23-9-5-15(6-10-23)22-18-11-17-14(12-21-18)4-7-20-19(17)24-8-2-3-16(24)13-25/h4,7,11-12,15-16,25H,2-3,5-6,8-10,13H2,1H3,(H,21,22). The highest BCUT2D eigenvalue weighted by molar-refractivity contribution is 7.88. The molecule has 0 aromatic carbocycles. The Morgan fingerprint density at radius 3 is 2.71 bits per heavy atom. The lowest BCUT2D eigenvalue weighted by Gasteiger charge is -2.31. The highest BCUT2D eigenvalue weighted by Crippen LogP contribution is 2.31. The number of aliphatic hydroxyl groups is 1. The number of rotatable bonds is 5. The molecule has 8 nitrogen and oxygen atoms in total. The van der Waals surface area contributed by atoms with Gasteiger partial charge in [-0.15, -0.1) is 0 Å². The van der Waals surface area contributed by atoms with Crippen LogP contribution in [0.25, 0.3) is 10.8 Å². The second-order valence-electron chi connectivity index (χ2n) is 7.68. The molecule has 2 aromatic heterocycles. The lowest BCUT2D eigenvalue weighted by Crippen LogP contribution is -2.41. The van der Waals surface area contributed by atoms with Crippen LogP contribution in [0.4, 0.5) is 11.6 Å². The maximum absolute atomic E-state index is 11.7. The molecule has 0 saturated carbocycles. The van der Waals surface area contributed by atoms with Gasteiger partial charge in [-0.25, -0.2) is 22.7 Å². The van der Waals surface area contributed by atoms with Gasteiger partial charge in [-0.2, -0.15) is 0 Å². The third kappa shape index (κ3) is 3.92. The van der Waals surface area contributed by atoms with Gasteiger partial charge in [0.2, 0.25) is 10.0 Å². The molecule has 9 heteroatoms. The van der Waals surface area contributed by atoms with Crippen LogP contribution in [-0.4, -0.2) is 72.4 Å². The lowest BCUT2D eigenvalue weighted by atomic mass is 10.1. The number of hydrogen-bond acceptors (Lipinski definition) is 7. The Balaban J connectivity index is 1.54. The van der Waals surface area contributed by atoms with Crippen LogP contribution in [0.2, 0.25) is 0 Å². The monoisotopic (exact) mass is 405 g/mol. The molecule has 0 amide bonds. The Morgan fingerprint density at radius 1 is 1.21 bits per heavy atom. The van der Waals surface area contributed by atoms with Gasteiger partial charge in [-0.05, 0) is 37.8 Å². The molecular formula is C19H27N5O3S. The van der Waals surface area contributed by atoms with E-state index in [9.17, 15) is 13.5 Å². The fourth-order valence-corrected chi connectivity index (χ4v) is 5.08. The summed E-state index contributed by atoms with van der Waals surface area (Å²) in [5.41, 5.74) is 0. The van der Waals surface area contributed by atoms with Gasteiger partial charge in [0.05, 0.1) is 18.9 Å². The zero-order valence-electron chi connectivity index (χ0n) is 16.1. The van der Waals surface area contributed by atoms with Crippen molar-refractivity contribution in [2.24, 2.45) is 0 Å². The average Bonchev–Trinajstić information content (AvgIpc) is 3.16. The van der Waals surface area contributed by atoms with Crippen molar-refractivity contribution in [2.45, 2.75) is 37.8 Å². The molecule has 2 saturated heterocycles. The summed E-state index contributed by atoms with van der Waals surface area (Å²) in [6.45, 7) is 2.09. The van der Waals surface area contributed by atoms with Crippen molar-refractivity contribution in [3.05, 3.63) is 24.5 Å². The van der Waals surface area contributed by atoms with Crippen LogP contribution in [0.5, 0.6) is 0 Å². The molecule has 28 heavy (non-hydrogen) atoms. The Kier molecular flexibility index (Phi) is 5.39. The highest BCUT2D eigenvalue weighted by atomic mass is 32.2. The van der Waals surface area contributed by atoms with E-state index in [0.29, 0.717) is 13.1 Å². The van der Waals surface area contributed by atoms with Gasteiger partial charge >= 0.3 is 0 Å². The molecule has 1 atom stereocenters. The van der Waals surface area contributed by atoms with E-state index in [1.807, 2.05) is 18.3 Å². The van der Waals surface area contributed by atoms with Crippen LogP contribution in [-0.2, 0) is 10.0 Å². The van der Waals surface area contributed by atoms with Crippen molar-refractivity contribution in [1.82, 2.24) is 14.3 Å². The van der Waals surface area contributed by atoms with Gasteiger partial charge in [-0.3, -0.25) is 0 Å². The van der Waals surface area contributed by atoms with Crippen LogP contribution in [0.15, 0.2) is 24.5 Å². The summed E-state index contributed by atoms with van der Waals surface area (Å²) in [6.07, 6.45) is 8.44. The number of sulfonamides is 1. The molecule has 0 radical (unpaired) electrons. The maximum Gasteiger partial charge on any atom is 0.211 e. The third-order valence-corrected chi connectivity index (χ3v) is 7.06. The fourth-order valence-electron chi connectivity index (χ4n) is 4.20. The smallest absolute Gasteiger partial charge is 0.211 e. The first-order chi connectivity index (χ1) is 13.5. The van der Waals surface area contributed by atoms with Gasteiger partial charge in [0.25, 0.3) is 0 Å². The highest BCUT2D eigenvalue weighted by Gasteiger charge is 2.27. The predicted octanol–water partition coefficient (Wildman–Crippen LogP) is 1.43. The summed E-state index contributed by atoms with van der Waals surface area (Å²) in [4.78, 5) is 11.3. The fraction of sp³-hybridized carbons (Fsp3) is 0.579. The van der Waals surface area contributed by atoms with Gasteiger partial charge in [0.15, 0.2) is 0 Å². The van der Waals surface area contributed by atoms with Gasteiger partial charge in [-0.1, -0.05) is 0 Å². The van der Waals surface area contributed by atoms with Crippen molar-refractivity contribution >= 4 is 32.4 Å². The minimum atomic E-state index is -3.12. The second-order valence-corrected chi connectivity index (χ2v) is 9.66. The number of piperidine rings is 1. The minimum absolute atomic E-state index is 0.114. The molecule has 2 aromatic rings. The van der Waals surface area contributed by atoms with E-state index in [4.69, 9.17) is 0 Å². The molecule has 1 unspecified atom stereocenters. The van der Waals surface area contributed by atoms with Crippen LogP contribution in [0, 0.1) is 0 Å². The molecule has 4 heterocycles. The van der Waals surface area contributed by atoms with E-state index in [-0.39, 0.29) is 18.7 Å². The van der Waals surface area contributed by atoms with E-state index in [1.54, 1.807) is 6.20 Å². The van der Waals surface area contributed by atoms with E-state index in [0.717, 1.165) is 54.6 Å². The van der Waals surface area contributed by atoms with E-state index in [1.165, 1.54) is 10.6 Å². The summed E-state index contributed by atoms with van der Waals surface area (Å²) in [6, 6.07) is 4.28. The number of aliphatic hydroxyl groups excluding tert-OH is 1. The van der Waals surface area contributed by atoms with E-state index < -0.39 is 10.0 Å². The van der Waals surface area contributed by atoms with Crippen molar-refractivity contribution < 1.29 is 13.5 Å². The first kappa shape index (κ1) is 19.4. The van der Waals surface area contributed by atoms with Crippen molar-refractivity contribution in [1.29, 1.82) is 0 Å². The van der Waals surface area contributed by atoms with Crippen LogP contribution >= 0.6 is 0 Å². The Morgan fingerprint density at radius 2 is 2.00 bits per heavy atom. The average molecular weight is 406 g/mol. The summed E-state index contributed by atoms with van der Waals surface area (Å²) < 4.78 is 24.9. The Hall–Kier alpha value is -1.97. The molecule has 4 rings (SSSR count). The molecule has 0 aliphatic carbocycles. The largest absolute Gasteiger partial charge is 0.394 e. The number of fused-ring (bicyclic) bond motifs is 1. The molecular weight excluding hydrogens is 378 g/mol. The zero-order valence-corrected chi connectivity index (χ0v) is 16.9. The number of pyridine rings is 2. The molecule has 2 fully saturated rings. The van der Waals surface area contributed by atoms with Gasteiger partial charge in [0, 0.05) is 48.8 Å². The van der Waals surface area contributed by atoms with Crippen LogP contribution in [0.3, 0.4) is 0 Å². The normalized spacial score (nSPS) is 22.1. The predicted molar refractivity (Wildman–Crippen MR) is 110 cm³/mol. The van der Waals surface area contributed by atoms with Gasteiger partial charge in [0.1, 0.15) is 11.6 Å². The van der Waals surface area contributed by atoms with Crippen molar-refractivity contribution in [2.75, 3.05) is 42.7 Å². The first-order valence-corrected chi connectivity index (χ1v) is 11.6. The molecule has 2 aliphatic rings. The number of aromatic nitrogens is 2. The van der Waals surface area contributed by atoms with Crippen molar-refractivity contribution in [3.63, 3.8) is 0 Å². The second kappa shape index (κ2) is 7.81. The van der Waals surface area contributed by atoms with E-state index in [2.05, 4.69) is 20.2 Å². The number of hydrogen-bond donors (Lipinski definition) is 2. The SMILES string of the molecule is CS(=O)(=O)N1CCC(Nc2cc3c(N4CCCC4CO)nccc3cn2)CC1. The molecule has 2 aliphatic heterocycles. The van der Waals surface area contributed by atoms with Crippen LogP contribution < -0.4 is 10.2 Å². The Labute approximate surface area is 165 Å². The topological polar surface area (TPSA) is 98.7 Å². The van der Waals surface area contributed by atoms with Gasteiger partial charge < -0.3 is 15.3 Å². The summed E-state index contributed by atoms with van der Waals surface area (Å²) in [5, 5.41) is 15.2. The summed E-state index contributed by atoms with van der Waals surface area (Å²) in [7, 11) is -3.12.